The van der Waals surface area contributed by atoms with E-state index in [2.05, 4.69) is 6.20 Å². The zero-order valence-corrected chi connectivity index (χ0v) is 10.2. The Labute approximate surface area is 100 Å². The Morgan fingerprint density at radius 1 is 1.31 bits per heavy atom. The number of rotatable bonds is 1. The Hall–Kier alpha value is -0.480. The maximum atomic E-state index is 9.89. The van der Waals surface area contributed by atoms with Crippen LogP contribution in [-0.4, -0.2) is 26.2 Å². The van der Waals surface area contributed by atoms with E-state index in [1.54, 1.807) is 0 Å². The second-order valence-corrected chi connectivity index (χ2v) is 5.97. The van der Waals surface area contributed by atoms with Gasteiger partial charge in [0.15, 0.2) is 0 Å². The summed E-state index contributed by atoms with van der Waals surface area (Å²) in [5.41, 5.74) is 1.22. The first kappa shape index (κ1) is 10.7. The van der Waals surface area contributed by atoms with E-state index in [9.17, 15) is 5.11 Å². The highest BCUT2D eigenvalue weighted by Gasteiger charge is 2.24. The van der Waals surface area contributed by atoms with Crippen molar-refractivity contribution < 1.29 is 5.11 Å². The molecule has 2 aliphatic rings. The minimum absolute atomic E-state index is 0.331. The van der Waals surface area contributed by atoms with Crippen LogP contribution in [0.5, 0.6) is 0 Å². The van der Waals surface area contributed by atoms with Gasteiger partial charge >= 0.3 is 0 Å². The third-order valence-corrected chi connectivity index (χ3v) is 4.70. The van der Waals surface area contributed by atoms with Crippen LogP contribution in [0.4, 0.5) is 0 Å². The lowest BCUT2D eigenvalue weighted by molar-refractivity contribution is 0.0780. The summed E-state index contributed by atoms with van der Waals surface area (Å²) >= 11 is 2.04. The Balaban J connectivity index is 1.85. The van der Waals surface area contributed by atoms with Crippen molar-refractivity contribution in [1.82, 2.24) is 9.55 Å². The van der Waals surface area contributed by atoms with Gasteiger partial charge in [0.2, 0.25) is 0 Å². The average Bonchev–Trinajstić information content (AvgIpc) is 2.76. The van der Waals surface area contributed by atoms with Crippen molar-refractivity contribution in [3.05, 3.63) is 17.7 Å². The van der Waals surface area contributed by atoms with E-state index in [1.807, 2.05) is 16.3 Å². The molecule has 0 spiro atoms. The summed E-state index contributed by atoms with van der Waals surface area (Å²) in [4.78, 5) is 4.72. The van der Waals surface area contributed by atoms with Crippen LogP contribution >= 0.6 is 11.8 Å². The van der Waals surface area contributed by atoms with Crippen LogP contribution in [0.25, 0.3) is 0 Å². The molecule has 3 nitrogen and oxygen atoms in total. The molecule has 1 saturated heterocycles. The van der Waals surface area contributed by atoms with Crippen LogP contribution in [0.3, 0.4) is 0 Å². The topological polar surface area (TPSA) is 38.1 Å². The van der Waals surface area contributed by atoms with Crippen LogP contribution in [0, 0.1) is 0 Å². The van der Waals surface area contributed by atoms with Crippen molar-refractivity contribution in [1.29, 1.82) is 0 Å². The third-order valence-electron chi connectivity index (χ3n) is 3.65. The first-order valence-electron chi connectivity index (χ1n) is 6.18. The second-order valence-electron chi connectivity index (χ2n) is 4.75. The average molecular weight is 238 g/mol. The van der Waals surface area contributed by atoms with Gasteiger partial charge in [-0.05, 0) is 37.2 Å². The first-order valence-corrected chi connectivity index (χ1v) is 7.33. The number of hydrogen-bond donors (Lipinski definition) is 1. The van der Waals surface area contributed by atoms with Crippen molar-refractivity contribution >= 4 is 11.8 Å². The Morgan fingerprint density at radius 3 is 2.88 bits per heavy atom. The molecule has 0 amide bonds. The lowest BCUT2D eigenvalue weighted by Crippen LogP contribution is -2.16. The van der Waals surface area contributed by atoms with E-state index < -0.39 is 0 Å². The number of nitrogens with zero attached hydrogens (tertiary/aromatic N) is 2. The third kappa shape index (κ3) is 1.89. The molecule has 1 fully saturated rings. The summed E-state index contributed by atoms with van der Waals surface area (Å²) in [5, 5.41) is 9.89. The number of fused-ring (bicyclic) bond motifs is 1. The molecular formula is C12H18N2OS. The molecule has 88 valence electrons. The number of imidazole rings is 1. The predicted octanol–water partition coefficient (Wildman–Crippen LogP) is 2.32. The molecule has 16 heavy (non-hydrogen) atoms. The summed E-state index contributed by atoms with van der Waals surface area (Å²) in [7, 11) is 0. The molecule has 0 saturated carbocycles. The molecule has 0 aliphatic carbocycles. The highest BCUT2D eigenvalue weighted by Crippen LogP contribution is 2.33. The highest BCUT2D eigenvalue weighted by atomic mass is 32.2. The van der Waals surface area contributed by atoms with E-state index >= 15 is 0 Å². The van der Waals surface area contributed by atoms with Crippen LogP contribution in [0.1, 0.15) is 49.3 Å². The van der Waals surface area contributed by atoms with Crippen molar-refractivity contribution in [3.8, 4) is 0 Å². The molecule has 1 aromatic heterocycles. The molecule has 1 atom stereocenters. The normalized spacial score (nSPS) is 26.7. The van der Waals surface area contributed by atoms with E-state index in [4.69, 9.17) is 4.98 Å². The fourth-order valence-corrected chi connectivity index (χ4v) is 3.77. The van der Waals surface area contributed by atoms with Gasteiger partial charge in [-0.25, -0.2) is 4.98 Å². The van der Waals surface area contributed by atoms with Gasteiger partial charge in [0.1, 0.15) is 12.1 Å². The van der Waals surface area contributed by atoms with Gasteiger partial charge in [-0.3, -0.25) is 0 Å². The summed E-state index contributed by atoms with van der Waals surface area (Å²) in [6.07, 6.45) is 7.23. The standard InChI is InChI=1S/C12H18N2OS/c15-12-3-1-2-11-13-10(8-14(11)12)9-4-6-16-7-5-9/h8-9,12,15H,1-7H2. The summed E-state index contributed by atoms with van der Waals surface area (Å²) < 4.78 is 1.99. The van der Waals surface area contributed by atoms with Gasteiger partial charge in [-0.2, -0.15) is 11.8 Å². The Morgan fingerprint density at radius 2 is 2.12 bits per heavy atom. The van der Waals surface area contributed by atoms with E-state index in [0.29, 0.717) is 5.92 Å². The molecule has 3 rings (SSSR count). The van der Waals surface area contributed by atoms with Crippen LogP contribution < -0.4 is 0 Å². The molecule has 1 N–H and O–H groups in total. The van der Waals surface area contributed by atoms with Gasteiger partial charge in [0, 0.05) is 18.5 Å². The summed E-state index contributed by atoms with van der Waals surface area (Å²) in [6.45, 7) is 0. The zero-order chi connectivity index (χ0) is 11.0. The van der Waals surface area contributed by atoms with Gasteiger partial charge < -0.3 is 9.67 Å². The molecule has 1 unspecified atom stereocenters. The monoisotopic (exact) mass is 238 g/mol. The molecule has 2 aliphatic heterocycles. The molecule has 0 bridgehead atoms. The van der Waals surface area contributed by atoms with Gasteiger partial charge in [-0.15, -0.1) is 0 Å². The maximum Gasteiger partial charge on any atom is 0.131 e. The number of aliphatic hydroxyl groups excluding tert-OH is 1. The maximum absolute atomic E-state index is 9.89. The number of aliphatic hydroxyl groups is 1. The minimum Gasteiger partial charge on any atom is -0.373 e. The Bertz CT molecular complexity index is 371. The van der Waals surface area contributed by atoms with E-state index in [0.717, 1.165) is 25.1 Å². The highest BCUT2D eigenvalue weighted by molar-refractivity contribution is 7.99. The quantitative estimate of drug-likeness (QED) is 0.816. The molecular weight excluding hydrogens is 220 g/mol. The molecule has 3 heterocycles. The number of thioether (sulfide) groups is 1. The van der Waals surface area contributed by atoms with Crippen LogP contribution in [0.2, 0.25) is 0 Å². The van der Waals surface area contributed by atoms with Gasteiger partial charge in [-0.1, -0.05) is 0 Å². The van der Waals surface area contributed by atoms with Crippen molar-refractivity contribution in [2.24, 2.45) is 0 Å². The second kappa shape index (κ2) is 4.41. The van der Waals surface area contributed by atoms with E-state index in [1.165, 1.54) is 30.0 Å². The largest absolute Gasteiger partial charge is 0.373 e. The minimum atomic E-state index is -0.331. The number of aromatic nitrogens is 2. The van der Waals surface area contributed by atoms with Crippen LogP contribution in [-0.2, 0) is 6.42 Å². The Kier molecular flexibility index (Phi) is 2.94. The summed E-state index contributed by atoms with van der Waals surface area (Å²) in [5.74, 6) is 4.24. The predicted molar refractivity (Wildman–Crippen MR) is 65.7 cm³/mol. The SMILES string of the molecule is OC1CCCc2nc(C3CCSCC3)cn21. The lowest BCUT2D eigenvalue weighted by atomic mass is 10.00. The first-order chi connectivity index (χ1) is 7.84. The van der Waals surface area contributed by atoms with Crippen LogP contribution in [0.15, 0.2) is 6.20 Å². The van der Waals surface area contributed by atoms with Gasteiger partial charge in [0.25, 0.3) is 0 Å². The molecule has 4 heteroatoms. The van der Waals surface area contributed by atoms with Crippen molar-refractivity contribution in [2.45, 2.75) is 44.2 Å². The smallest absolute Gasteiger partial charge is 0.131 e. The fourth-order valence-electron chi connectivity index (χ4n) is 2.67. The van der Waals surface area contributed by atoms with Crippen molar-refractivity contribution in [3.63, 3.8) is 0 Å². The fraction of sp³-hybridized carbons (Fsp3) is 0.750. The zero-order valence-electron chi connectivity index (χ0n) is 9.43. The summed E-state index contributed by atoms with van der Waals surface area (Å²) in [6, 6.07) is 0. The van der Waals surface area contributed by atoms with Gasteiger partial charge in [0.05, 0.1) is 5.69 Å². The lowest BCUT2D eigenvalue weighted by Gasteiger charge is -2.20. The number of aryl methyl sites for hydroxylation is 1. The molecule has 0 aromatic carbocycles. The van der Waals surface area contributed by atoms with Crippen molar-refractivity contribution in [2.75, 3.05) is 11.5 Å². The molecule has 0 radical (unpaired) electrons. The van der Waals surface area contributed by atoms with E-state index in [-0.39, 0.29) is 6.23 Å². The molecule has 1 aromatic rings. The number of hydrogen-bond acceptors (Lipinski definition) is 3.